The van der Waals surface area contributed by atoms with Crippen molar-refractivity contribution in [1.82, 2.24) is 0 Å². The summed E-state index contributed by atoms with van der Waals surface area (Å²) in [4.78, 5) is 0. The highest BCUT2D eigenvalue weighted by molar-refractivity contribution is 6.31. The average Bonchev–Trinajstić information content (AvgIpc) is 2.33. The lowest BCUT2D eigenvalue weighted by molar-refractivity contribution is 0.178. The molecule has 1 nitrogen and oxygen atoms in total. The van der Waals surface area contributed by atoms with Gasteiger partial charge in [0.15, 0.2) is 0 Å². The normalized spacial score (nSPS) is 12.5. The predicted octanol–water partition coefficient (Wildman–Crippen LogP) is 4.37. The van der Waals surface area contributed by atoms with Crippen molar-refractivity contribution in [3.05, 3.63) is 69.5 Å². The van der Waals surface area contributed by atoms with Gasteiger partial charge in [0.05, 0.1) is 6.10 Å². The van der Waals surface area contributed by atoms with E-state index in [9.17, 15) is 9.50 Å². The lowest BCUT2D eigenvalue weighted by Crippen LogP contribution is -2.03. The lowest BCUT2D eigenvalue weighted by Gasteiger charge is -2.14. The highest BCUT2D eigenvalue weighted by Gasteiger charge is 2.13. The standard InChI is InChI=1S/C16H16ClFO/c1-10-3-4-12(7-11(10)2)8-16(19)14-6-5-13(18)9-15(14)17/h3-7,9,16,19H,8H2,1-2H3. The Hall–Kier alpha value is -1.38. The summed E-state index contributed by atoms with van der Waals surface area (Å²) in [5.41, 5.74) is 4.00. The zero-order chi connectivity index (χ0) is 14.0. The van der Waals surface area contributed by atoms with Gasteiger partial charge in [-0.15, -0.1) is 0 Å². The van der Waals surface area contributed by atoms with Crippen LogP contribution in [0.1, 0.15) is 28.4 Å². The van der Waals surface area contributed by atoms with Crippen LogP contribution in [0.15, 0.2) is 36.4 Å². The van der Waals surface area contributed by atoms with E-state index >= 15 is 0 Å². The van der Waals surface area contributed by atoms with Gasteiger partial charge in [0.1, 0.15) is 5.82 Å². The number of hydrogen-bond donors (Lipinski definition) is 1. The summed E-state index contributed by atoms with van der Waals surface area (Å²) in [6.07, 6.45) is -0.262. The second-order valence-corrected chi connectivity index (χ2v) is 5.21. The van der Waals surface area contributed by atoms with Crippen LogP contribution in [-0.4, -0.2) is 5.11 Å². The molecule has 1 unspecified atom stereocenters. The minimum absolute atomic E-state index is 0.260. The monoisotopic (exact) mass is 278 g/mol. The third-order valence-corrected chi connectivity index (χ3v) is 3.65. The molecule has 0 fully saturated rings. The minimum Gasteiger partial charge on any atom is -0.388 e. The molecule has 19 heavy (non-hydrogen) atoms. The van der Waals surface area contributed by atoms with Crippen LogP contribution in [0.4, 0.5) is 4.39 Å². The Kier molecular flexibility index (Phi) is 4.23. The van der Waals surface area contributed by atoms with Gasteiger partial charge in [0.25, 0.3) is 0 Å². The number of aliphatic hydroxyl groups excluding tert-OH is 1. The van der Waals surface area contributed by atoms with E-state index in [-0.39, 0.29) is 5.02 Å². The Bertz CT molecular complexity index is 595. The molecule has 0 aliphatic heterocycles. The summed E-state index contributed by atoms with van der Waals surface area (Å²) >= 11 is 5.95. The molecule has 100 valence electrons. The average molecular weight is 279 g/mol. The Morgan fingerprint density at radius 1 is 1.11 bits per heavy atom. The number of aliphatic hydroxyl groups is 1. The molecule has 2 aromatic rings. The van der Waals surface area contributed by atoms with E-state index < -0.39 is 11.9 Å². The van der Waals surface area contributed by atoms with Gasteiger partial charge >= 0.3 is 0 Å². The fraction of sp³-hybridized carbons (Fsp3) is 0.250. The molecular formula is C16H16ClFO. The highest BCUT2D eigenvalue weighted by Crippen LogP contribution is 2.27. The highest BCUT2D eigenvalue weighted by atomic mass is 35.5. The van der Waals surface area contributed by atoms with E-state index in [2.05, 4.69) is 6.07 Å². The molecule has 0 radical (unpaired) electrons. The Morgan fingerprint density at radius 3 is 2.47 bits per heavy atom. The van der Waals surface area contributed by atoms with Crippen LogP contribution in [0.3, 0.4) is 0 Å². The van der Waals surface area contributed by atoms with Gasteiger partial charge in [-0.3, -0.25) is 0 Å². The van der Waals surface area contributed by atoms with E-state index in [1.807, 2.05) is 26.0 Å². The maximum Gasteiger partial charge on any atom is 0.124 e. The number of rotatable bonds is 3. The topological polar surface area (TPSA) is 20.2 Å². The van der Waals surface area contributed by atoms with Crippen molar-refractivity contribution in [2.24, 2.45) is 0 Å². The first kappa shape index (κ1) is 14.0. The van der Waals surface area contributed by atoms with E-state index in [1.165, 1.54) is 29.3 Å². The maximum absolute atomic E-state index is 13.0. The number of aryl methyl sites for hydroxylation is 2. The largest absolute Gasteiger partial charge is 0.388 e. The third kappa shape index (κ3) is 3.34. The van der Waals surface area contributed by atoms with Crippen molar-refractivity contribution in [3.8, 4) is 0 Å². The SMILES string of the molecule is Cc1ccc(CC(O)c2ccc(F)cc2Cl)cc1C. The van der Waals surface area contributed by atoms with Gasteiger partial charge in [-0.25, -0.2) is 4.39 Å². The molecule has 0 saturated heterocycles. The van der Waals surface area contributed by atoms with Crippen molar-refractivity contribution in [3.63, 3.8) is 0 Å². The molecule has 0 amide bonds. The smallest absolute Gasteiger partial charge is 0.124 e. The third-order valence-electron chi connectivity index (χ3n) is 3.32. The molecule has 3 heteroatoms. The van der Waals surface area contributed by atoms with E-state index in [4.69, 9.17) is 11.6 Å². The predicted molar refractivity (Wildman–Crippen MR) is 76.0 cm³/mol. The first-order valence-corrected chi connectivity index (χ1v) is 6.54. The van der Waals surface area contributed by atoms with Crippen LogP contribution in [0, 0.1) is 19.7 Å². The Labute approximate surface area is 117 Å². The van der Waals surface area contributed by atoms with Crippen molar-refractivity contribution in [2.45, 2.75) is 26.4 Å². The first-order chi connectivity index (χ1) is 8.97. The number of halogens is 2. The summed E-state index contributed by atoms with van der Waals surface area (Å²) in [6, 6.07) is 10.1. The summed E-state index contributed by atoms with van der Waals surface area (Å²) in [6.45, 7) is 4.09. The molecule has 0 saturated carbocycles. The van der Waals surface area contributed by atoms with Gasteiger partial charge in [-0.1, -0.05) is 35.9 Å². The van der Waals surface area contributed by atoms with Crippen LogP contribution in [0.2, 0.25) is 5.02 Å². The van der Waals surface area contributed by atoms with Crippen molar-refractivity contribution in [2.75, 3.05) is 0 Å². The Balaban J connectivity index is 2.20. The number of hydrogen-bond acceptors (Lipinski definition) is 1. The van der Waals surface area contributed by atoms with Crippen LogP contribution < -0.4 is 0 Å². The fourth-order valence-electron chi connectivity index (χ4n) is 2.04. The van der Waals surface area contributed by atoms with Crippen LogP contribution in [0.25, 0.3) is 0 Å². The van der Waals surface area contributed by atoms with Crippen molar-refractivity contribution >= 4 is 11.6 Å². The fourth-order valence-corrected chi connectivity index (χ4v) is 2.33. The molecule has 0 bridgehead atoms. The van der Waals surface area contributed by atoms with E-state index in [0.29, 0.717) is 12.0 Å². The molecule has 0 spiro atoms. The second kappa shape index (κ2) is 5.72. The van der Waals surface area contributed by atoms with Crippen molar-refractivity contribution < 1.29 is 9.50 Å². The lowest BCUT2D eigenvalue weighted by atomic mass is 9.98. The van der Waals surface area contributed by atoms with Crippen LogP contribution in [0.5, 0.6) is 0 Å². The molecule has 0 aromatic heterocycles. The summed E-state index contributed by atoms with van der Waals surface area (Å²) in [7, 11) is 0. The molecule has 2 rings (SSSR count). The molecule has 0 heterocycles. The molecule has 0 aliphatic rings. The molecule has 2 aromatic carbocycles. The van der Waals surface area contributed by atoms with Crippen molar-refractivity contribution in [1.29, 1.82) is 0 Å². The summed E-state index contributed by atoms with van der Waals surface area (Å²) < 4.78 is 13.0. The zero-order valence-corrected chi connectivity index (χ0v) is 11.7. The molecule has 0 aliphatic carbocycles. The number of benzene rings is 2. The Morgan fingerprint density at radius 2 is 1.84 bits per heavy atom. The first-order valence-electron chi connectivity index (χ1n) is 6.16. The quantitative estimate of drug-likeness (QED) is 0.884. The van der Waals surface area contributed by atoms with Crippen LogP contribution in [-0.2, 0) is 6.42 Å². The maximum atomic E-state index is 13.0. The van der Waals surface area contributed by atoms with Gasteiger partial charge in [0.2, 0.25) is 0 Å². The van der Waals surface area contributed by atoms with Gasteiger partial charge in [0, 0.05) is 11.4 Å². The van der Waals surface area contributed by atoms with E-state index in [1.54, 1.807) is 0 Å². The van der Waals surface area contributed by atoms with Gasteiger partial charge in [-0.05, 0) is 48.2 Å². The second-order valence-electron chi connectivity index (χ2n) is 4.80. The van der Waals surface area contributed by atoms with Gasteiger partial charge in [-0.2, -0.15) is 0 Å². The van der Waals surface area contributed by atoms with Gasteiger partial charge < -0.3 is 5.11 Å². The van der Waals surface area contributed by atoms with Crippen LogP contribution >= 0.6 is 11.6 Å². The van der Waals surface area contributed by atoms with E-state index in [0.717, 1.165) is 5.56 Å². The molecular weight excluding hydrogens is 263 g/mol. The summed E-state index contributed by atoms with van der Waals surface area (Å²) in [5, 5.41) is 10.5. The zero-order valence-electron chi connectivity index (χ0n) is 11.0. The minimum atomic E-state index is -0.727. The summed E-state index contributed by atoms with van der Waals surface area (Å²) in [5.74, 6) is -0.396. The molecule has 1 atom stereocenters. The molecule has 1 N–H and O–H groups in total.